The van der Waals surface area contributed by atoms with Gasteiger partial charge in [0.2, 0.25) is 10.0 Å². The number of hydrogen-bond donors (Lipinski definition) is 1. The van der Waals surface area contributed by atoms with Gasteiger partial charge in [-0.3, -0.25) is 0 Å². The summed E-state index contributed by atoms with van der Waals surface area (Å²) in [7, 11) is -3.88. The predicted octanol–water partition coefficient (Wildman–Crippen LogP) is 2.68. The molecule has 96 valence electrons. The molecule has 4 nitrogen and oxygen atoms in total. The van der Waals surface area contributed by atoms with Crippen molar-refractivity contribution in [2.24, 2.45) is 11.1 Å². The Hall–Kier alpha value is -0.490. The molecule has 0 aliphatic carbocycles. The molecule has 0 atom stereocenters. The van der Waals surface area contributed by atoms with Gasteiger partial charge in [0.15, 0.2) is 0 Å². The number of ether oxygens (including phenoxy) is 1. The van der Waals surface area contributed by atoms with E-state index in [0.29, 0.717) is 18.3 Å². The molecule has 1 aromatic carbocycles. The molecule has 0 aliphatic rings. The maximum absolute atomic E-state index is 11.2. The third-order valence-electron chi connectivity index (χ3n) is 1.87. The highest BCUT2D eigenvalue weighted by Crippen LogP contribution is 2.33. The Balaban J connectivity index is 3.10. The summed E-state index contributed by atoms with van der Waals surface area (Å²) in [5.74, 6) is 0.667. The third kappa shape index (κ3) is 4.03. The van der Waals surface area contributed by atoms with Gasteiger partial charge < -0.3 is 4.74 Å². The van der Waals surface area contributed by atoms with Crippen molar-refractivity contribution in [1.29, 1.82) is 0 Å². The van der Waals surface area contributed by atoms with E-state index in [-0.39, 0.29) is 14.9 Å². The summed E-state index contributed by atoms with van der Waals surface area (Å²) < 4.78 is 27.7. The lowest BCUT2D eigenvalue weighted by Gasteiger charge is -2.12. The fourth-order valence-corrected chi connectivity index (χ4v) is 2.47. The van der Waals surface area contributed by atoms with Crippen LogP contribution in [0.5, 0.6) is 5.75 Å². The van der Waals surface area contributed by atoms with Crippen LogP contribution in [0.1, 0.15) is 13.8 Å². The Kier molecular flexibility index (Phi) is 4.66. The van der Waals surface area contributed by atoms with Crippen LogP contribution in [0.2, 0.25) is 10.0 Å². The predicted molar refractivity (Wildman–Crippen MR) is 68.2 cm³/mol. The molecule has 0 unspecified atom stereocenters. The lowest BCUT2D eigenvalue weighted by Crippen LogP contribution is -2.13. The minimum atomic E-state index is -3.88. The van der Waals surface area contributed by atoms with Gasteiger partial charge in [0, 0.05) is 6.07 Å². The molecule has 17 heavy (non-hydrogen) atoms. The highest BCUT2D eigenvalue weighted by Gasteiger charge is 2.16. The van der Waals surface area contributed by atoms with Crippen molar-refractivity contribution in [3.63, 3.8) is 0 Å². The quantitative estimate of drug-likeness (QED) is 0.929. The summed E-state index contributed by atoms with van der Waals surface area (Å²) in [5, 5.41) is 5.15. The van der Waals surface area contributed by atoms with Crippen molar-refractivity contribution in [3.05, 3.63) is 22.2 Å². The first kappa shape index (κ1) is 14.6. The van der Waals surface area contributed by atoms with E-state index in [1.807, 2.05) is 13.8 Å². The van der Waals surface area contributed by atoms with Crippen LogP contribution in [0.15, 0.2) is 17.0 Å². The van der Waals surface area contributed by atoms with E-state index in [4.69, 9.17) is 33.1 Å². The van der Waals surface area contributed by atoms with Crippen molar-refractivity contribution in [2.75, 3.05) is 6.61 Å². The zero-order valence-corrected chi connectivity index (χ0v) is 11.7. The van der Waals surface area contributed by atoms with E-state index < -0.39 is 10.0 Å². The number of primary sulfonamides is 1. The van der Waals surface area contributed by atoms with Crippen molar-refractivity contribution in [3.8, 4) is 5.75 Å². The average molecular weight is 298 g/mol. The molecule has 1 aromatic rings. The summed E-state index contributed by atoms with van der Waals surface area (Å²) in [6.45, 7) is 4.42. The Morgan fingerprint density at radius 3 is 2.35 bits per heavy atom. The van der Waals surface area contributed by atoms with Crippen LogP contribution in [0, 0.1) is 5.92 Å². The van der Waals surface area contributed by atoms with Crippen molar-refractivity contribution in [1.82, 2.24) is 0 Å². The Morgan fingerprint density at radius 1 is 1.29 bits per heavy atom. The molecule has 7 heteroatoms. The van der Waals surface area contributed by atoms with E-state index in [9.17, 15) is 8.42 Å². The molecule has 0 fully saturated rings. The van der Waals surface area contributed by atoms with Crippen molar-refractivity contribution < 1.29 is 13.2 Å². The fraction of sp³-hybridized carbons (Fsp3) is 0.400. The molecule has 0 saturated carbocycles. The minimum absolute atomic E-state index is 0.00402. The van der Waals surface area contributed by atoms with Gasteiger partial charge in [-0.25, -0.2) is 13.6 Å². The maximum Gasteiger partial charge on any atom is 0.239 e. The summed E-state index contributed by atoms with van der Waals surface area (Å²) in [6, 6.07) is 2.54. The number of benzene rings is 1. The highest BCUT2D eigenvalue weighted by molar-refractivity contribution is 7.89. The molecule has 0 saturated heterocycles. The number of nitrogens with two attached hydrogens (primary N) is 1. The lowest BCUT2D eigenvalue weighted by atomic mass is 10.2. The summed E-state index contributed by atoms with van der Waals surface area (Å²) in [6.07, 6.45) is 0. The Labute approximate surface area is 111 Å². The van der Waals surface area contributed by atoms with Crippen LogP contribution in [-0.2, 0) is 10.0 Å². The zero-order chi connectivity index (χ0) is 13.2. The van der Waals surface area contributed by atoms with Gasteiger partial charge in [-0.2, -0.15) is 0 Å². The lowest BCUT2D eigenvalue weighted by molar-refractivity contribution is 0.271. The summed E-state index contributed by atoms with van der Waals surface area (Å²) in [4.78, 5) is -0.207. The smallest absolute Gasteiger partial charge is 0.239 e. The standard InChI is InChI=1S/C10H13Cl2NO3S/c1-6(2)5-16-9-3-8(12)10(4-7(9)11)17(13,14)15/h3-4,6H,5H2,1-2H3,(H2,13,14,15). The molecular weight excluding hydrogens is 285 g/mol. The van der Waals surface area contributed by atoms with E-state index in [0.717, 1.165) is 0 Å². The van der Waals surface area contributed by atoms with Crippen LogP contribution in [0.25, 0.3) is 0 Å². The SMILES string of the molecule is CC(C)COc1cc(Cl)c(S(N)(=O)=O)cc1Cl. The number of rotatable bonds is 4. The van der Waals surface area contributed by atoms with Crippen molar-refractivity contribution in [2.45, 2.75) is 18.7 Å². The highest BCUT2D eigenvalue weighted by atomic mass is 35.5. The molecule has 0 amide bonds. The largest absolute Gasteiger partial charge is 0.492 e. The summed E-state index contributed by atoms with van der Waals surface area (Å²) >= 11 is 11.7. The van der Waals surface area contributed by atoms with Gasteiger partial charge >= 0.3 is 0 Å². The first-order valence-electron chi connectivity index (χ1n) is 4.86. The fourth-order valence-electron chi connectivity index (χ4n) is 1.10. The van der Waals surface area contributed by atoms with Gasteiger partial charge in [-0.05, 0) is 12.0 Å². The van der Waals surface area contributed by atoms with Crippen molar-refractivity contribution >= 4 is 33.2 Å². The first-order valence-corrected chi connectivity index (χ1v) is 7.16. The second-order valence-electron chi connectivity index (χ2n) is 3.96. The molecule has 0 bridgehead atoms. The van der Waals surface area contributed by atoms with Gasteiger partial charge in [-0.1, -0.05) is 37.0 Å². The molecule has 1 rings (SSSR count). The van der Waals surface area contributed by atoms with Gasteiger partial charge in [0.1, 0.15) is 10.6 Å². The molecule has 0 aliphatic heterocycles. The number of halogens is 2. The Bertz CT molecular complexity index is 515. The third-order valence-corrected chi connectivity index (χ3v) is 3.54. The first-order chi connectivity index (χ1) is 7.71. The maximum atomic E-state index is 11.2. The minimum Gasteiger partial charge on any atom is -0.492 e. The summed E-state index contributed by atoms with van der Waals surface area (Å²) in [5.41, 5.74) is 0. The molecule has 2 N–H and O–H groups in total. The van der Waals surface area contributed by atoms with Crippen LogP contribution in [0.4, 0.5) is 0 Å². The molecule has 0 aromatic heterocycles. The second-order valence-corrected chi connectivity index (χ2v) is 6.31. The molecule has 0 heterocycles. The van der Waals surface area contributed by atoms with Crippen LogP contribution < -0.4 is 9.88 Å². The monoisotopic (exact) mass is 297 g/mol. The van der Waals surface area contributed by atoms with Crippen LogP contribution in [-0.4, -0.2) is 15.0 Å². The number of hydrogen-bond acceptors (Lipinski definition) is 3. The molecular formula is C10H13Cl2NO3S. The van der Waals surface area contributed by atoms with E-state index >= 15 is 0 Å². The van der Waals surface area contributed by atoms with Crippen LogP contribution in [0.3, 0.4) is 0 Å². The zero-order valence-electron chi connectivity index (χ0n) is 9.41. The molecule has 0 spiro atoms. The molecule has 0 radical (unpaired) electrons. The van der Waals surface area contributed by atoms with E-state index in [1.165, 1.54) is 12.1 Å². The topological polar surface area (TPSA) is 69.4 Å². The normalized spacial score (nSPS) is 11.9. The second kappa shape index (κ2) is 5.44. The van der Waals surface area contributed by atoms with Gasteiger partial charge in [0.25, 0.3) is 0 Å². The van der Waals surface area contributed by atoms with E-state index in [2.05, 4.69) is 0 Å². The van der Waals surface area contributed by atoms with Gasteiger partial charge in [0.05, 0.1) is 16.7 Å². The number of sulfonamides is 1. The van der Waals surface area contributed by atoms with Gasteiger partial charge in [-0.15, -0.1) is 0 Å². The average Bonchev–Trinajstić information content (AvgIpc) is 2.17. The van der Waals surface area contributed by atoms with E-state index in [1.54, 1.807) is 0 Å². The van der Waals surface area contributed by atoms with Crippen LogP contribution >= 0.6 is 23.2 Å². The Morgan fingerprint density at radius 2 is 1.88 bits per heavy atom.